The largest absolute Gasteiger partial charge is 0.422 e. The quantitative estimate of drug-likeness (QED) is 0.586. The van der Waals surface area contributed by atoms with Crippen LogP contribution in [-0.4, -0.2) is 15.0 Å². The second kappa shape index (κ2) is 2.42. The van der Waals surface area contributed by atoms with Crippen molar-refractivity contribution in [3.8, 4) is 0 Å². The molecule has 0 saturated heterocycles. The summed E-state index contributed by atoms with van der Waals surface area (Å²) in [7, 11) is 0. The van der Waals surface area contributed by atoms with Crippen molar-refractivity contribution in [1.82, 2.24) is 15.0 Å². The van der Waals surface area contributed by atoms with Crippen molar-refractivity contribution in [3.05, 3.63) is 16.9 Å². The fourth-order valence-corrected chi connectivity index (χ4v) is 1.24. The average molecular weight is 184 g/mol. The van der Waals surface area contributed by atoms with E-state index in [4.69, 9.17) is 16.0 Å². The third kappa shape index (κ3) is 1.04. The van der Waals surface area contributed by atoms with E-state index < -0.39 is 0 Å². The van der Waals surface area contributed by atoms with Crippen LogP contribution in [0.4, 0.5) is 0 Å². The van der Waals surface area contributed by atoms with Crippen molar-refractivity contribution >= 4 is 22.8 Å². The van der Waals surface area contributed by atoms with Gasteiger partial charge in [0.05, 0.1) is 0 Å². The van der Waals surface area contributed by atoms with E-state index in [-0.39, 0.29) is 0 Å². The molecule has 0 saturated carbocycles. The standard InChI is InChI=1S/C7H6ClN3O/c1-3-9-6(8)5-7(10-3)12-4(2)11-5/h1-2H3. The first-order valence-corrected chi connectivity index (χ1v) is 3.82. The highest BCUT2D eigenvalue weighted by Gasteiger charge is 2.09. The fraction of sp³-hybridized carbons (Fsp3) is 0.286. The lowest BCUT2D eigenvalue weighted by Gasteiger charge is -1.91. The third-order valence-corrected chi connectivity index (χ3v) is 1.70. The van der Waals surface area contributed by atoms with E-state index in [9.17, 15) is 0 Å². The zero-order chi connectivity index (χ0) is 8.72. The van der Waals surface area contributed by atoms with E-state index in [0.29, 0.717) is 28.1 Å². The lowest BCUT2D eigenvalue weighted by atomic mass is 10.5. The molecule has 2 rings (SSSR count). The predicted octanol–water partition coefficient (Wildman–Crippen LogP) is 1.89. The van der Waals surface area contributed by atoms with Gasteiger partial charge in [0.15, 0.2) is 16.6 Å². The molecule has 2 aromatic heterocycles. The number of rotatable bonds is 0. The van der Waals surface area contributed by atoms with Crippen molar-refractivity contribution in [3.63, 3.8) is 0 Å². The molecular weight excluding hydrogens is 178 g/mol. The summed E-state index contributed by atoms with van der Waals surface area (Å²) in [5, 5.41) is 0.342. The molecule has 2 aromatic rings. The Bertz CT molecular complexity index is 437. The Balaban J connectivity index is 2.88. The molecule has 0 N–H and O–H groups in total. The molecule has 0 aliphatic carbocycles. The van der Waals surface area contributed by atoms with Crippen LogP contribution in [0.5, 0.6) is 0 Å². The highest BCUT2D eigenvalue weighted by molar-refractivity contribution is 6.33. The Morgan fingerprint density at radius 1 is 1.17 bits per heavy atom. The Morgan fingerprint density at radius 3 is 2.67 bits per heavy atom. The molecule has 5 heteroatoms. The monoisotopic (exact) mass is 183 g/mol. The number of aryl methyl sites for hydroxylation is 2. The Kier molecular flexibility index (Phi) is 1.51. The van der Waals surface area contributed by atoms with Gasteiger partial charge in [-0.2, -0.15) is 4.98 Å². The maximum atomic E-state index is 5.80. The van der Waals surface area contributed by atoms with Crippen LogP contribution in [0.1, 0.15) is 11.7 Å². The van der Waals surface area contributed by atoms with Crippen LogP contribution in [0, 0.1) is 13.8 Å². The molecule has 0 atom stereocenters. The normalized spacial score (nSPS) is 10.9. The molecule has 0 aromatic carbocycles. The molecule has 0 spiro atoms. The van der Waals surface area contributed by atoms with Gasteiger partial charge in [0.2, 0.25) is 0 Å². The molecular formula is C7H6ClN3O. The zero-order valence-corrected chi connectivity index (χ0v) is 7.38. The van der Waals surface area contributed by atoms with Gasteiger partial charge in [0.1, 0.15) is 5.82 Å². The van der Waals surface area contributed by atoms with Gasteiger partial charge in [-0.15, -0.1) is 0 Å². The highest BCUT2D eigenvalue weighted by atomic mass is 35.5. The van der Waals surface area contributed by atoms with Gasteiger partial charge in [-0.25, -0.2) is 9.97 Å². The van der Waals surface area contributed by atoms with Gasteiger partial charge in [0.25, 0.3) is 5.71 Å². The van der Waals surface area contributed by atoms with Crippen LogP contribution in [0.15, 0.2) is 4.42 Å². The first kappa shape index (κ1) is 7.49. The second-order valence-corrected chi connectivity index (χ2v) is 2.81. The van der Waals surface area contributed by atoms with E-state index >= 15 is 0 Å². The van der Waals surface area contributed by atoms with E-state index in [1.165, 1.54) is 0 Å². The topological polar surface area (TPSA) is 51.8 Å². The lowest BCUT2D eigenvalue weighted by molar-refractivity contribution is 0.550. The Labute approximate surface area is 73.6 Å². The molecule has 0 fully saturated rings. The van der Waals surface area contributed by atoms with Gasteiger partial charge in [0, 0.05) is 6.92 Å². The maximum absolute atomic E-state index is 5.80. The number of halogens is 1. The van der Waals surface area contributed by atoms with Gasteiger partial charge in [-0.3, -0.25) is 0 Å². The molecule has 4 nitrogen and oxygen atoms in total. The molecule has 0 radical (unpaired) electrons. The number of hydrogen-bond acceptors (Lipinski definition) is 4. The molecule has 62 valence electrons. The van der Waals surface area contributed by atoms with Crippen molar-refractivity contribution in [2.45, 2.75) is 13.8 Å². The van der Waals surface area contributed by atoms with Crippen molar-refractivity contribution in [2.75, 3.05) is 0 Å². The Hall–Kier alpha value is -1.16. The van der Waals surface area contributed by atoms with Crippen LogP contribution < -0.4 is 0 Å². The number of fused-ring (bicyclic) bond motifs is 1. The van der Waals surface area contributed by atoms with Gasteiger partial charge >= 0.3 is 0 Å². The first-order valence-electron chi connectivity index (χ1n) is 3.44. The van der Waals surface area contributed by atoms with Crippen LogP contribution in [0.25, 0.3) is 11.2 Å². The zero-order valence-electron chi connectivity index (χ0n) is 6.63. The van der Waals surface area contributed by atoms with Crippen molar-refractivity contribution in [1.29, 1.82) is 0 Å². The smallest absolute Gasteiger partial charge is 0.251 e. The molecule has 0 bridgehead atoms. The molecule has 2 heterocycles. The molecule has 0 aliphatic rings. The molecule has 0 aliphatic heterocycles. The van der Waals surface area contributed by atoms with E-state index in [1.54, 1.807) is 13.8 Å². The van der Waals surface area contributed by atoms with Gasteiger partial charge in [-0.05, 0) is 6.92 Å². The van der Waals surface area contributed by atoms with Crippen molar-refractivity contribution in [2.24, 2.45) is 0 Å². The minimum Gasteiger partial charge on any atom is -0.422 e. The minimum atomic E-state index is 0.342. The van der Waals surface area contributed by atoms with Crippen LogP contribution in [-0.2, 0) is 0 Å². The summed E-state index contributed by atoms with van der Waals surface area (Å²) in [6, 6.07) is 0. The van der Waals surface area contributed by atoms with Crippen LogP contribution in [0.3, 0.4) is 0 Å². The summed E-state index contributed by atoms with van der Waals surface area (Å²) in [5.74, 6) is 1.13. The first-order chi connectivity index (χ1) is 5.66. The number of nitrogens with zero attached hydrogens (tertiary/aromatic N) is 3. The second-order valence-electron chi connectivity index (χ2n) is 2.45. The summed E-state index contributed by atoms with van der Waals surface area (Å²) < 4.78 is 5.18. The van der Waals surface area contributed by atoms with Crippen LogP contribution >= 0.6 is 11.6 Å². The summed E-state index contributed by atoms with van der Waals surface area (Å²) in [5.41, 5.74) is 0.977. The molecule has 0 amide bonds. The minimum absolute atomic E-state index is 0.342. The molecule has 0 unspecified atom stereocenters. The third-order valence-electron chi connectivity index (χ3n) is 1.43. The van der Waals surface area contributed by atoms with E-state index in [2.05, 4.69) is 15.0 Å². The van der Waals surface area contributed by atoms with E-state index in [0.717, 1.165) is 0 Å². The summed E-state index contributed by atoms with van der Waals surface area (Å²) in [4.78, 5) is 12.0. The highest BCUT2D eigenvalue weighted by Crippen LogP contribution is 2.19. The van der Waals surface area contributed by atoms with Gasteiger partial charge < -0.3 is 4.42 Å². The molecule has 12 heavy (non-hydrogen) atoms. The van der Waals surface area contributed by atoms with Crippen molar-refractivity contribution < 1.29 is 4.42 Å². The Morgan fingerprint density at radius 2 is 1.92 bits per heavy atom. The lowest BCUT2D eigenvalue weighted by Crippen LogP contribution is -1.87. The summed E-state index contributed by atoms with van der Waals surface area (Å²) in [6.07, 6.45) is 0. The number of aromatic nitrogens is 3. The van der Waals surface area contributed by atoms with Crippen LogP contribution in [0.2, 0.25) is 5.15 Å². The maximum Gasteiger partial charge on any atom is 0.251 e. The fourth-order valence-electron chi connectivity index (χ4n) is 0.993. The van der Waals surface area contributed by atoms with Gasteiger partial charge in [-0.1, -0.05) is 11.6 Å². The summed E-state index contributed by atoms with van der Waals surface area (Å²) in [6.45, 7) is 3.50. The summed E-state index contributed by atoms with van der Waals surface area (Å²) >= 11 is 5.80. The van der Waals surface area contributed by atoms with E-state index in [1.807, 2.05) is 0 Å². The number of hydrogen-bond donors (Lipinski definition) is 0. The average Bonchev–Trinajstić information content (AvgIpc) is 2.29. The number of oxazole rings is 1. The predicted molar refractivity (Wildman–Crippen MR) is 44.1 cm³/mol. The SMILES string of the molecule is Cc1nc(Cl)c2nc(C)oc2n1.